The molecule has 0 amide bonds. The minimum atomic E-state index is -1.44. The molecular weight excluding hydrogens is 190 g/mol. The lowest BCUT2D eigenvalue weighted by Gasteiger charge is -2.26. The van der Waals surface area contributed by atoms with Crippen molar-refractivity contribution in [1.82, 2.24) is 0 Å². The molecule has 0 bridgehead atoms. The Balaban J connectivity index is 3.37. The van der Waals surface area contributed by atoms with E-state index in [0.717, 1.165) is 0 Å². The molecule has 1 rings (SSSR count). The molecular formula is C12H13NO2. The van der Waals surface area contributed by atoms with E-state index < -0.39 is 11.4 Å². The maximum absolute atomic E-state index is 11.3. The van der Waals surface area contributed by atoms with Gasteiger partial charge in [-0.05, 0) is 11.5 Å². The molecule has 0 aromatic heterocycles. The van der Waals surface area contributed by atoms with Crippen LogP contribution in [0.3, 0.4) is 0 Å². The zero-order valence-electron chi connectivity index (χ0n) is 8.77. The third-order valence-electron chi connectivity index (χ3n) is 2.61. The molecule has 0 heterocycles. The minimum Gasteiger partial charge on any atom is -0.480 e. The second-order valence-corrected chi connectivity index (χ2v) is 3.75. The molecule has 1 aromatic carbocycles. The molecule has 15 heavy (non-hydrogen) atoms. The Morgan fingerprint density at radius 2 is 1.93 bits per heavy atom. The zero-order valence-corrected chi connectivity index (χ0v) is 8.77. The van der Waals surface area contributed by atoms with Gasteiger partial charge in [-0.25, -0.2) is 0 Å². The van der Waals surface area contributed by atoms with Crippen molar-refractivity contribution in [2.75, 3.05) is 0 Å². The van der Waals surface area contributed by atoms with Gasteiger partial charge < -0.3 is 5.11 Å². The highest BCUT2D eigenvalue weighted by atomic mass is 16.4. The van der Waals surface area contributed by atoms with Crippen LogP contribution in [-0.4, -0.2) is 11.1 Å². The predicted molar refractivity (Wildman–Crippen MR) is 56.2 cm³/mol. The largest absolute Gasteiger partial charge is 0.480 e. The van der Waals surface area contributed by atoms with Crippen LogP contribution in [0.4, 0.5) is 0 Å². The number of hydrogen-bond donors (Lipinski definition) is 1. The fraction of sp³-hybridized carbons (Fsp3) is 0.333. The third-order valence-corrected chi connectivity index (χ3v) is 2.61. The number of carbonyl (C=O) groups is 1. The van der Waals surface area contributed by atoms with Gasteiger partial charge in [-0.2, -0.15) is 5.26 Å². The van der Waals surface area contributed by atoms with Gasteiger partial charge in [0.25, 0.3) is 0 Å². The minimum absolute atomic E-state index is 0.276. The molecule has 0 aliphatic carbocycles. The standard InChI is InChI=1S/C12H13NO2/c1-9(2)12(8-13,11(14)15)10-6-4-3-5-7-10/h3-7,9H,1-2H3,(H,14,15). The molecule has 0 spiro atoms. The maximum atomic E-state index is 11.3. The highest BCUT2D eigenvalue weighted by Gasteiger charge is 2.43. The van der Waals surface area contributed by atoms with Gasteiger partial charge in [-0.1, -0.05) is 44.2 Å². The summed E-state index contributed by atoms with van der Waals surface area (Å²) in [5, 5.41) is 18.4. The van der Waals surface area contributed by atoms with Gasteiger partial charge in [0.1, 0.15) is 0 Å². The Kier molecular flexibility index (Phi) is 3.11. The van der Waals surface area contributed by atoms with Crippen molar-refractivity contribution in [3.05, 3.63) is 35.9 Å². The lowest BCUT2D eigenvalue weighted by molar-refractivity contribution is -0.143. The van der Waals surface area contributed by atoms with Crippen molar-refractivity contribution in [2.24, 2.45) is 5.92 Å². The van der Waals surface area contributed by atoms with E-state index in [-0.39, 0.29) is 5.92 Å². The van der Waals surface area contributed by atoms with Crippen LogP contribution in [0.5, 0.6) is 0 Å². The first kappa shape index (κ1) is 11.3. The van der Waals surface area contributed by atoms with Crippen molar-refractivity contribution in [3.63, 3.8) is 0 Å². The average molecular weight is 203 g/mol. The van der Waals surface area contributed by atoms with E-state index in [1.54, 1.807) is 44.2 Å². The van der Waals surface area contributed by atoms with E-state index in [1.807, 2.05) is 6.07 Å². The van der Waals surface area contributed by atoms with E-state index in [2.05, 4.69) is 0 Å². The number of rotatable bonds is 3. The van der Waals surface area contributed by atoms with Crippen molar-refractivity contribution in [3.8, 4) is 6.07 Å². The molecule has 3 heteroatoms. The normalized spacial score (nSPS) is 14.3. The third kappa shape index (κ3) is 1.71. The Morgan fingerprint density at radius 3 is 2.27 bits per heavy atom. The maximum Gasteiger partial charge on any atom is 0.328 e. The lowest BCUT2D eigenvalue weighted by atomic mass is 9.73. The molecule has 0 aliphatic rings. The first-order valence-corrected chi connectivity index (χ1v) is 4.76. The summed E-state index contributed by atoms with van der Waals surface area (Å²) in [5.41, 5.74) is -0.906. The van der Waals surface area contributed by atoms with E-state index in [4.69, 9.17) is 5.26 Å². The highest BCUT2D eigenvalue weighted by molar-refractivity contribution is 5.85. The first-order valence-electron chi connectivity index (χ1n) is 4.76. The molecule has 0 aliphatic heterocycles. The fourth-order valence-electron chi connectivity index (χ4n) is 1.65. The van der Waals surface area contributed by atoms with Gasteiger partial charge in [-0.15, -0.1) is 0 Å². The molecule has 3 nitrogen and oxygen atoms in total. The summed E-state index contributed by atoms with van der Waals surface area (Å²) in [6.07, 6.45) is 0. The Bertz CT molecular complexity index is 392. The first-order chi connectivity index (χ1) is 7.05. The summed E-state index contributed by atoms with van der Waals surface area (Å²) < 4.78 is 0. The van der Waals surface area contributed by atoms with Crippen molar-refractivity contribution < 1.29 is 9.90 Å². The number of benzene rings is 1. The topological polar surface area (TPSA) is 61.1 Å². The number of hydrogen-bond acceptors (Lipinski definition) is 2. The summed E-state index contributed by atoms with van der Waals surface area (Å²) in [6.45, 7) is 3.48. The smallest absolute Gasteiger partial charge is 0.328 e. The van der Waals surface area contributed by atoms with Crippen LogP contribution < -0.4 is 0 Å². The van der Waals surface area contributed by atoms with Crippen LogP contribution in [0.1, 0.15) is 19.4 Å². The van der Waals surface area contributed by atoms with Crippen LogP contribution in [0.15, 0.2) is 30.3 Å². The molecule has 0 saturated heterocycles. The van der Waals surface area contributed by atoms with Gasteiger partial charge in [0.15, 0.2) is 5.41 Å². The molecule has 1 aromatic rings. The lowest BCUT2D eigenvalue weighted by Crippen LogP contribution is -2.39. The van der Waals surface area contributed by atoms with Gasteiger partial charge >= 0.3 is 5.97 Å². The van der Waals surface area contributed by atoms with Crippen molar-refractivity contribution >= 4 is 5.97 Å². The number of carboxylic acids is 1. The number of nitriles is 1. The Hall–Kier alpha value is -1.82. The summed E-state index contributed by atoms with van der Waals surface area (Å²) >= 11 is 0. The second kappa shape index (κ2) is 4.14. The molecule has 1 unspecified atom stereocenters. The van der Waals surface area contributed by atoms with Crippen LogP contribution in [0, 0.1) is 17.2 Å². The monoisotopic (exact) mass is 203 g/mol. The average Bonchev–Trinajstić information content (AvgIpc) is 2.20. The van der Waals surface area contributed by atoms with Crippen molar-refractivity contribution in [1.29, 1.82) is 5.26 Å². The van der Waals surface area contributed by atoms with Gasteiger partial charge in [0.05, 0.1) is 6.07 Å². The van der Waals surface area contributed by atoms with E-state index in [0.29, 0.717) is 5.56 Å². The van der Waals surface area contributed by atoms with E-state index >= 15 is 0 Å². The second-order valence-electron chi connectivity index (χ2n) is 3.75. The molecule has 0 radical (unpaired) electrons. The fourth-order valence-corrected chi connectivity index (χ4v) is 1.65. The van der Waals surface area contributed by atoms with Crippen molar-refractivity contribution in [2.45, 2.75) is 19.3 Å². The van der Waals surface area contributed by atoms with Gasteiger partial charge in [0.2, 0.25) is 0 Å². The number of aliphatic carboxylic acids is 1. The Morgan fingerprint density at radius 1 is 1.40 bits per heavy atom. The highest BCUT2D eigenvalue weighted by Crippen LogP contribution is 2.31. The molecule has 1 N–H and O–H groups in total. The van der Waals surface area contributed by atoms with Crippen LogP contribution >= 0.6 is 0 Å². The predicted octanol–water partition coefficient (Wildman–Crippen LogP) is 2.19. The van der Waals surface area contributed by atoms with Gasteiger partial charge in [0, 0.05) is 0 Å². The summed E-state index contributed by atoms with van der Waals surface area (Å²) in [5.74, 6) is -1.37. The Labute approximate surface area is 89.0 Å². The number of carboxylic acid groups (broad SMARTS) is 1. The van der Waals surface area contributed by atoms with Crippen LogP contribution in [0.2, 0.25) is 0 Å². The van der Waals surface area contributed by atoms with Crippen LogP contribution in [0.25, 0.3) is 0 Å². The summed E-state index contributed by atoms with van der Waals surface area (Å²) in [6, 6.07) is 10.6. The van der Waals surface area contributed by atoms with Crippen LogP contribution in [-0.2, 0) is 10.2 Å². The molecule has 1 atom stereocenters. The molecule has 0 saturated carbocycles. The summed E-state index contributed by atoms with van der Waals surface area (Å²) in [4.78, 5) is 11.3. The van der Waals surface area contributed by atoms with E-state index in [1.165, 1.54) is 0 Å². The SMILES string of the molecule is CC(C)C(C#N)(C(=O)O)c1ccccc1. The zero-order chi connectivity index (χ0) is 11.5. The quantitative estimate of drug-likeness (QED) is 0.819. The van der Waals surface area contributed by atoms with Gasteiger partial charge in [-0.3, -0.25) is 4.79 Å². The number of nitrogens with zero attached hydrogens (tertiary/aromatic N) is 1. The molecule has 0 fully saturated rings. The molecule has 78 valence electrons. The van der Waals surface area contributed by atoms with E-state index in [9.17, 15) is 9.90 Å². The summed E-state index contributed by atoms with van der Waals surface area (Å²) in [7, 11) is 0.